The highest BCUT2D eigenvalue weighted by Crippen LogP contribution is 2.15. The molecular formula is C12H18N2OSi. The summed E-state index contributed by atoms with van der Waals surface area (Å²) in [5.74, 6) is 0. The fraction of sp³-hybridized carbons (Fsp3) is 0.333. The molecule has 0 saturated heterocycles. The molecule has 4 N–H and O–H groups in total. The number of aromatic nitrogens is 1. The van der Waals surface area contributed by atoms with Gasteiger partial charge in [-0.15, -0.1) is 0 Å². The van der Waals surface area contributed by atoms with Gasteiger partial charge in [-0.2, -0.15) is 0 Å². The average Bonchev–Trinajstić information content (AvgIpc) is 2.60. The van der Waals surface area contributed by atoms with Crippen molar-refractivity contribution in [1.82, 2.24) is 4.98 Å². The number of rotatable bonds is 3. The lowest BCUT2D eigenvalue weighted by Gasteiger charge is -2.10. The molecule has 3 nitrogen and oxygen atoms in total. The summed E-state index contributed by atoms with van der Waals surface area (Å²) in [5.41, 5.74) is 7.87. The lowest BCUT2D eigenvalue weighted by atomic mass is 10.1. The predicted octanol–water partition coefficient (Wildman–Crippen LogP) is 1.07. The quantitative estimate of drug-likeness (QED) is 0.696. The second-order valence-corrected chi connectivity index (χ2v) is 8.36. The van der Waals surface area contributed by atoms with E-state index in [1.165, 1.54) is 5.56 Å². The molecule has 0 saturated carbocycles. The Bertz CT molecular complexity index is 499. The van der Waals surface area contributed by atoms with E-state index in [9.17, 15) is 4.80 Å². The van der Waals surface area contributed by atoms with E-state index >= 15 is 0 Å². The van der Waals surface area contributed by atoms with Crippen LogP contribution in [0.15, 0.2) is 24.3 Å². The number of hydrogen-bond acceptors (Lipinski definition) is 2. The molecule has 0 aliphatic heterocycles. The highest BCUT2D eigenvalue weighted by molar-refractivity contribution is 6.82. The minimum Gasteiger partial charge on any atom is -0.427 e. The standard InChI is InChI=1S/C12H18N2OSi/c1-16(2,15)12-8-10-7-9(5-6-13)3-4-11(10)14-12/h3-4,7-8,14-15H,5-6,13H2,1-2H3. The second kappa shape index (κ2) is 4.05. The van der Waals surface area contributed by atoms with Gasteiger partial charge in [0.2, 0.25) is 8.32 Å². The first-order valence-electron chi connectivity index (χ1n) is 5.55. The first kappa shape index (κ1) is 11.4. The Morgan fingerprint density at radius 1 is 1.31 bits per heavy atom. The highest BCUT2D eigenvalue weighted by atomic mass is 28.4. The molecule has 1 aromatic carbocycles. The molecule has 2 aromatic rings. The Morgan fingerprint density at radius 2 is 2.06 bits per heavy atom. The van der Waals surface area contributed by atoms with Crippen molar-refractivity contribution < 1.29 is 4.80 Å². The summed E-state index contributed by atoms with van der Waals surface area (Å²) in [6.07, 6.45) is 0.899. The Labute approximate surface area is 96.4 Å². The first-order valence-corrected chi connectivity index (χ1v) is 8.50. The summed E-state index contributed by atoms with van der Waals surface area (Å²) in [4.78, 5) is 13.3. The third-order valence-electron chi connectivity index (χ3n) is 2.78. The fourth-order valence-corrected chi connectivity index (χ4v) is 2.78. The van der Waals surface area contributed by atoms with Crippen LogP contribution in [0.4, 0.5) is 0 Å². The third kappa shape index (κ3) is 2.19. The predicted molar refractivity (Wildman–Crippen MR) is 70.4 cm³/mol. The van der Waals surface area contributed by atoms with Gasteiger partial charge in [0.05, 0.1) is 0 Å². The highest BCUT2D eigenvalue weighted by Gasteiger charge is 2.22. The van der Waals surface area contributed by atoms with E-state index in [1.807, 2.05) is 13.1 Å². The number of nitrogens with one attached hydrogen (secondary N) is 1. The molecule has 0 unspecified atom stereocenters. The first-order chi connectivity index (χ1) is 7.50. The number of nitrogens with two attached hydrogens (primary N) is 1. The summed E-state index contributed by atoms with van der Waals surface area (Å²) >= 11 is 0. The topological polar surface area (TPSA) is 62.0 Å². The van der Waals surface area contributed by atoms with Crippen molar-refractivity contribution in [3.05, 3.63) is 29.8 Å². The molecule has 0 atom stereocenters. The molecule has 86 valence electrons. The van der Waals surface area contributed by atoms with Crippen LogP contribution in [0.3, 0.4) is 0 Å². The molecule has 0 radical (unpaired) electrons. The van der Waals surface area contributed by atoms with E-state index in [0.29, 0.717) is 6.54 Å². The van der Waals surface area contributed by atoms with Crippen molar-refractivity contribution in [3.63, 3.8) is 0 Å². The van der Waals surface area contributed by atoms with Crippen LogP contribution < -0.4 is 11.1 Å². The largest absolute Gasteiger partial charge is 0.427 e. The van der Waals surface area contributed by atoms with Crippen LogP contribution in [0.25, 0.3) is 10.9 Å². The summed E-state index contributed by atoms with van der Waals surface area (Å²) < 4.78 is 0. The zero-order valence-electron chi connectivity index (χ0n) is 9.75. The molecule has 4 heteroatoms. The zero-order valence-corrected chi connectivity index (χ0v) is 10.7. The van der Waals surface area contributed by atoms with Crippen molar-refractivity contribution >= 4 is 24.5 Å². The summed E-state index contributed by atoms with van der Waals surface area (Å²) in [5, 5.41) is 2.14. The Morgan fingerprint density at radius 3 is 2.69 bits per heavy atom. The van der Waals surface area contributed by atoms with Crippen LogP contribution in [-0.4, -0.2) is 24.6 Å². The third-order valence-corrected chi connectivity index (χ3v) is 4.36. The van der Waals surface area contributed by atoms with Gasteiger partial charge in [-0.25, -0.2) is 0 Å². The van der Waals surface area contributed by atoms with Gasteiger partial charge in [0, 0.05) is 10.8 Å². The van der Waals surface area contributed by atoms with Crippen molar-refractivity contribution in [1.29, 1.82) is 0 Å². The van der Waals surface area contributed by atoms with Crippen LogP contribution in [0.2, 0.25) is 13.1 Å². The maximum absolute atomic E-state index is 10.1. The van der Waals surface area contributed by atoms with Crippen LogP contribution >= 0.6 is 0 Å². The van der Waals surface area contributed by atoms with Crippen molar-refractivity contribution in [3.8, 4) is 0 Å². The number of H-pyrrole nitrogens is 1. The number of fused-ring (bicyclic) bond motifs is 1. The monoisotopic (exact) mass is 234 g/mol. The van der Waals surface area contributed by atoms with Gasteiger partial charge in [-0.1, -0.05) is 6.07 Å². The smallest absolute Gasteiger partial charge is 0.230 e. The van der Waals surface area contributed by atoms with Crippen molar-refractivity contribution in [2.75, 3.05) is 6.54 Å². The van der Waals surface area contributed by atoms with E-state index < -0.39 is 8.32 Å². The molecule has 0 aliphatic carbocycles. The van der Waals surface area contributed by atoms with E-state index in [-0.39, 0.29) is 0 Å². The maximum Gasteiger partial charge on any atom is 0.230 e. The maximum atomic E-state index is 10.1. The van der Waals surface area contributed by atoms with Gasteiger partial charge in [0.1, 0.15) is 0 Å². The van der Waals surface area contributed by atoms with Gasteiger partial charge in [0.15, 0.2) is 0 Å². The molecule has 0 amide bonds. The van der Waals surface area contributed by atoms with Crippen LogP contribution in [0, 0.1) is 0 Å². The SMILES string of the molecule is C[Si](C)(O)c1cc2cc(CCN)ccc2[nH]1. The van der Waals surface area contributed by atoms with Crippen LogP contribution in [0.1, 0.15) is 5.56 Å². The average molecular weight is 234 g/mol. The molecular weight excluding hydrogens is 216 g/mol. The second-order valence-electron chi connectivity index (χ2n) is 4.70. The lowest BCUT2D eigenvalue weighted by Crippen LogP contribution is -2.42. The van der Waals surface area contributed by atoms with E-state index in [0.717, 1.165) is 22.6 Å². The molecule has 0 aliphatic rings. The Kier molecular flexibility index (Phi) is 2.88. The number of aromatic amines is 1. The number of benzene rings is 1. The minimum absolute atomic E-state index is 0.670. The summed E-state index contributed by atoms with van der Waals surface area (Å²) in [7, 11) is -2.23. The van der Waals surface area contributed by atoms with E-state index in [1.54, 1.807) is 0 Å². The van der Waals surface area contributed by atoms with Crippen molar-refractivity contribution in [2.45, 2.75) is 19.5 Å². The summed E-state index contributed by atoms with van der Waals surface area (Å²) in [6.45, 7) is 4.50. The Balaban J connectivity index is 2.46. The van der Waals surface area contributed by atoms with Gasteiger partial charge >= 0.3 is 0 Å². The van der Waals surface area contributed by atoms with Gasteiger partial charge < -0.3 is 15.5 Å². The van der Waals surface area contributed by atoms with Gasteiger partial charge in [0.25, 0.3) is 0 Å². The van der Waals surface area contributed by atoms with Crippen LogP contribution in [0.5, 0.6) is 0 Å². The van der Waals surface area contributed by atoms with Gasteiger partial charge in [-0.05, 0) is 55.2 Å². The van der Waals surface area contributed by atoms with Crippen LogP contribution in [-0.2, 0) is 6.42 Å². The summed E-state index contributed by atoms with van der Waals surface area (Å²) in [6, 6.07) is 8.34. The van der Waals surface area contributed by atoms with E-state index in [2.05, 4.69) is 29.2 Å². The molecule has 16 heavy (non-hydrogen) atoms. The minimum atomic E-state index is -2.23. The van der Waals surface area contributed by atoms with E-state index in [4.69, 9.17) is 5.73 Å². The molecule has 0 fully saturated rings. The fourth-order valence-electron chi connectivity index (χ4n) is 1.83. The lowest BCUT2D eigenvalue weighted by molar-refractivity contribution is 0.567. The Hall–Kier alpha value is -1.10. The molecule has 1 heterocycles. The molecule has 0 spiro atoms. The normalized spacial score (nSPS) is 12.2. The molecule has 1 aromatic heterocycles. The molecule has 0 bridgehead atoms. The van der Waals surface area contributed by atoms with Crippen molar-refractivity contribution in [2.24, 2.45) is 5.73 Å². The van der Waals surface area contributed by atoms with Gasteiger partial charge in [-0.3, -0.25) is 0 Å². The zero-order chi connectivity index (χ0) is 11.8. The number of hydrogen-bond donors (Lipinski definition) is 3. The molecule has 2 rings (SSSR count).